The van der Waals surface area contributed by atoms with E-state index in [0.29, 0.717) is 11.6 Å². The third-order valence-electron chi connectivity index (χ3n) is 5.00. The van der Waals surface area contributed by atoms with Gasteiger partial charge >= 0.3 is 0 Å². The number of likely N-dealkylation sites (tertiary alicyclic amines) is 1. The number of piperidine rings is 1. The lowest BCUT2D eigenvalue weighted by Crippen LogP contribution is -2.44. The quantitative estimate of drug-likeness (QED) is 0.812. The number of hydrogen-bond acceptors (Lipinski definition) is 6. The fraction of sp³-hybridized carbons (Fsp3) is 0.474. The van der Waals surface area contributed by atoms with E-state index < -0.39 is 6.10 Å². The van der Waals surface area contributed by atoms with Crippen molar-refractivity contribution in [2.45, 2.75) is 31.9 Å². The minimum Gasteiger partial charge on any atom is -0.479 e. The molecule has 0 saturated carbocycles. The van der Waals surface area contributed by atoms with Crippen LogP contribution in [-0.4, -0.2) is 47.2 Å². The number of Topliss-reactive ketones (excluding diaryl/α,β-unsaturated/α-hetero) is 1. The van der Waals surface area contributed by atoms with Crippen molar-refractivity contribution in [2.75, 3.05) is 20.2 Å². The molecule has 1 saturated heterocycles. The maximum Gasteiger partial charge on any atom is 0.254 e. The van der Waals surface area contributed by atoms with Crippen LogP contribution in [0.15, 0.2) is 40.9 Å². The Hall–Kier alpha value is -2.18. The van der Waals surface area contributed by atoms with Gasteiger partial charge in [0.25, 0.3) is 5.88 Å². The lowest BCUT2D eigenvalue weighted by molar-refractivity contribution is 0.0224. The number of benzene rings is 1. The fourth-order valence-corrected chi connectivity index (χ4v) is 3.35. The second-order valence-corrected chi connectivity index (χ2v) is 6.50. The summed E-state index contributed by atoms with van der Waals surface area (Å²) < 4.78 is 10.1. The number of carbonyl (C=O) groups is 1. The SMILES string of the molecule is COc1cc(C(O)C(C)N2CCC(C(=O)c3ccccc3)CC2)on1. The predicted molar refractivity (Wildman–Crippen MR) is 92.5 cm³/mol. The number of aliphatic hydroxyl groups is 1. The van der Waals surface area contributed by atoms with E-state index in [0.717, 1.165) is 31.5 Å². The van der Waals surface area contributed by atoms with Crippen LogP contribution in [0, 0.1) is 5.92 Å². The molecule has 6 nitrogen and oxygen atoms in total. The van der Waals surface area contributed by atoms with Crippen molar-refractivity contribution >= 4 is 5.78 Å². The number of hydrogen-bond donors (Lipinski definition) is 1. The maximum absolute atomic E-state index is 12.6. The highest BCUT2D eigenvalue weighted by atomic mass is 16.5. The van der Waals surface area contributed by atoms with Crippen LogP contribution < -0.4 is 4.74 Å². The summed E-state index contributed by atoms with van der Waals surface area (Å²) in [4.78, 5) is 14.8. The Morgan fingerprint density at radius 2 is 2.00 bits per heavy atom. The molecule has 0 radical (unpaired) electrons. The van der Waals surface area contributed by atoms with Crippen LogP contribution in [0.2, 0.25) is 0 Å². The highest BCUT2D eigenvalue weighted by Crippen LogP contribution is 2.28. The smallest absolute Gasteiger partial charge is 0.254 e. The minimum atomic E-state index is -0.780. The molecule has 0 bridgehead atoms. The summed E-state index contributed by atoms with van der Waals surface area (Å²) in [6.07, 6.45) is 0.812. The summed E-state index contributed by atoms with van der Waals surface area (Å²) in [5.74, 6) is 1.02. The predicted octanol–water partition coefficient (Wildman–Crippen LogP) is 2.70. The number of carbonyl (C=O) groups excluding carboxylic acids is 1. The molecule has 0 spiro atoms. The van der Waals surface area contributed by atoms with Crippen LogP contribution in [0.4, 0.5) is 0 Å². The summed E-state index contributed by atoms with van der Waals surface area (Å²) in [5.41, 5.74) is 0.780. The number of methoxy groups -OCH3 is 1. The van der Waals surface area contributed by atoms with Gasteiger partial charge < -0.3 is 14.4 Å². The van der Waals surface area contributed by atoms with E-state index in [9.17, 15) is 9.90 Å². The normalized spacial score (nSPS) is 18.7. The first-order chi connectivity index (χ1) is 12.1. The molecule has 1 aliphatic heterocycles. The first-order valence-electron chi connectivity index (χ1n) is 8.62. The van der Waals surface area contributed by atoms with Crippen molar-refractivity contribution in [3.8, 4) is 5.88 Å². The molecular weight excluding hydrogens is 320 g/mol. The third-order valence-corrected chi connectivity index (χ3v) is 5.00. The lowest BCUT2D eigenvalue weighted by Gasteiger charge is -2.36. The zero-order valence-corrected chi connectivity index (χ0v) is 14.6. The minimum absolute atomic E-state index is 0.0494. The van der Waals surface area contributed by atoms with E-state index in [2.05, 4.69) is 10.1 Å². The van der Waals surface area contributed by atoms with E-state index in [-0.39, 0.29) is 17.7 Å². The Labute approximate surface area is 147 Å². The Balaban J connectivity index is 1.57. The van der Waals surface area contributed by atoms with E-state index in [1.54, 1.807) is 6.07 Å². The number of rotatable bonds is 6. The summed E-state index contributed by atoms with van der Waals surface area (Å²) in [6, 6.07) is 10.9. The molecule has 0 aliphatic carbocycles. The largest absolute Gasteiger partial charge is 0.479 e. The second kappa shape index (κ2) is 7.80. The first kappa shape index (κ1) is 17.6. The van der Waals surface area contributed by atoms with Gasteiger partial charge in [0.05, 0.1) is 7.11 Å². The molecule has 2 heterocycles. The number of aromatic nitrogens is 1. The van der Waals surface area contributed by atoms with E-state index >= 15 is 0 Å². The van der Waals surface area contributed by atoms with Gasteiger partial charge in [0.1, 0.15) is 6.10 Å². The van der Waals surface area contributed by atoms with Gasteiger partial charge in [-0.1, -0.05) is 30.3 Å². The molecule has 1 aliphatic rings. The summed E-state index contributed by atoms with van der Waals surface area (Å²) >= 11 is 0. The van der Waals surface area contributed by atoms with Crippen LogP contribution in [0.5, 0.6) is 5.88 Å². The fourth-order valence-electron chi connectivity index (χ4n) is 3.35. The molecule has 3 rings (SSSR count). The van der Waals surface area contributed by atoms with Gasteiger partial charge in [0.15, 0.2) is 11.5 Å². The van der Waals surface area contributed by atoms with Gasteiger partial charge in [-0.2, -0.15) is 0 Å². The van der Waals surface area contributed by atoms with E-state index in [1.165, 1.54) is 7.11 Å². The van der Waals surface area contributed by atoms with E-state index in [1.807, 2.05) is 37.3 Å². The molecule has 1 fully saturated rings. The van der Waals surface area contributed by atoms with Gasteiger partial charge in [0, 0.05) is 23.6 Å². The summed E-state index contributed by atoms with van der Waals surface area (Å²) in [5, 5.41) is 14.2. The zero-order valence-electron chi connectivity index (χ0n) is 14.6. The highest BCUT2D eigenvalue weighted by molar-refractivity contribution is 5.97. The van der Waals surface area contributed by atoms with Crippen LogP contribution in [-0.2, 0) is 0 Å². The van der Waals surface area contributed by atoms with Crippen molar-refractivity contribution in [1.29, 1.82) is 0 Å². The molecule has 2 unspecified atom stereocenters. The first-order valence-corrected chi connectivity index (χ1v) is 8.62. The highest BCUT2D eigenvalue weighted by Gasteiger charge is 2.32. The second-order valence-electron chi connectivity index (χ2n) is 6.50. The Morgan fingerprint density at radius 1 is 1.32 bits per heavy atom. The van der Waals surface area contributed by atoms with Gasteiger partial charge in [-0.15, -0.1) is 0 Å². The molecule has 1 N–H and O–H groups in total. The van der Waals surface area contributed by atoms with Crippen molar-refractivity contribution in [2.24, 2.45) is 5.92 Å². The van der Waals surface area contributed by atoms with Gasteiger partial charge in [-0.25, -0.2) is 0 Å². The lowest BCUT2D eigenvalue weighted by atomic mass is 9.88. The average molecular weight is 344 g/mol. The molecule has 134 valence electrons. The molecule has 2 atom stereocenters. The van der Waals surface area contributed by atoms with Crippen molar-refractivity contribution in [3.63, 3.8) is 0 Å². The molecule has 0 amide bonds. The van der Waals surface area contributed by atoms with Crippen molar-refractivity contribution < 1.29 is 19.2 Å². The van der Waals surface area contributed by atoms with Crippen molar-refractivity contribution in [1.82, 2.24) is 10.1 Å². The Morgan fingerprint density at radius 3 is 2.60 bits per heavy atom. The number of nitrogens with zero attached hydrogens (tertiary/aromatic N) is 2. The maximum atomic E-state index is 12.6. The standard InChI is InChI=1S/C19H24N2O4/c1-13(18(22)16-12-17(24-2)20-25-16)21-10-8-15(9-11-21)19(23)14-6-4-3-5-7-14/h3-7,12-13,15,18,22H,8-11H2,1-2H3. The number of ether oxygens (including phenoxy) is 1. The van der Waals surface area contributed by atoms with Crippen LogP contribution in [0.25, 0.3) is 0 Å². The molecule has 6 heteroatoms. The number of aliphatic hydroxyl groups excluding tert-OH is 1. The third kappa shape index (κ3) is 3.91. The topological polar surface area (TPSA) is 75.8 Å². The van der Waals surface area contributed by atoms with Gasteiger partial charge in [0.2, 0.25) is 0 Å². The van der Waals surface area contributed by atoms with Crippen LogP contribution in [0.3, 0.4) is 0 Å². The van der Waals surface area contributed by atoms with Gasteiger partial charge in [-0.05, 0) is 38.0 Å². The summed E-state index contributed by atoms with van der Waals surface area (Å²) in [6.45, 7) is 3.50. The zero-order chi connectivity index (χ0) is 17.8. The Kier molecular flexibility index (Phi) is 5.50. The van der Waals surface area contributed by atoms with Crippen molar-refractivity contribution in [3.05, 3.63) is 47.7 Å². The molecule has 1 aromatic heterocycles. The molecule has 25 heavy (non-hydrogen) atoms. The monoisotopic (exact) mass is 344 g/mol. The average Bonchev–Trinajstić information content (AvgIpc) is 3.16. The van der Waals surface area contributed by atoms with Crippen LogP contribution >= 0.6 is 0 Å². The summed E-state index contributed by atoms with van der Waals surface area (Å²) in [7, 11) is 1.51. The van der Waals surface area contributed by atoms with Gasteiger partial charge in [-0.3, -0.25) is 9.69 Å². The molecular formula is C19H24N2O4. The van der Waals surface area contributed by atoms with E-state index in [4.69, 9.17) is 9.26 Å². The number of ketones is 1. The molecule has 2 aromatic rings. The molecule has 1 aromatic carbocycles. The van der Waals surface area contributed by atoms with Crippen LogP contribution in [0.1, 0.15) is 42.0 Å². The Bertz CT molecular complexity index is 692.